The predicted octanol–water partition coefficient (Wildman–Crippen LogP) is 2.78. The van der Waals surface area contributed by atoms with Crippen molar-refractivity contribution in [1.82, 2.24) is 15.1 Å². The second kappa shape index (κ2) is 9.90. The zero-order chi connectivity index (χ0) is 21.8. The number of nitrogens with one attached hydrogen (secondary N) is 1. The van der Waals surface area contributed by atoms with Crippen molar-refractivity contribution in [3.05, 3.63) is 23.8 Å². The van der Waals surface area contributed by atoms with Gasteiger partial charge in [0.2, 0.25) is 18.6 Å². The van der Waals surface area contributed by atoms with E-state index in [1.165, 1.54) is 12.8 Å². The summed E-state index contributed by atoms with van der Waals surface area (Å²) in [5, 5.41) is 3.17. The zero-order valence-electron chi connectivity index (χ0n) is 18.8. The number of carbonyl (C=O) groups is 2. The number of benzene rings is 1. The molecule has 31 heavy (non-hydrogen) atoms. The Morgan fingerprint density at radius 1 is 1.06 bits per heavy atom. The van der Waals surface area contributed by atoms with Gasteiger partial charge >= 0.3 is 0 Å². The van der Waals surface area contributed by atoms with Gasteiger partial charge in [-0.3, -0.25) is 14.5 Å². The third kappa shape index (κ3) is 5.32. The van der Waals surface area contributed by atoms with E-state index < -0.39 is 0 Å². The minimum Gasteiger partial charge on any atom is -0.454 e. The van der Waals surface area contributed by atoms with Crippen LogP contribution in [0.1, 0.15) is 51.5 Å². The van der Waals surface area contributed by atoms with Gasteiger partial charge in [0.05, 0.1) is 6.04 Å². The molecule has 3 aliphatic rings. The lowest BCUT2D eigenvalue weighted by atomic mass is 9.94. The third-order valence-electron chi connectivity index (χ3n) is 6.66. The fourth-order valence-electron chi connectivity index (χ4n) is 5.02. The number of amides is 2. The van der Waals surface area contributed by atoms with Crippen LogP contribution in [-0.2, 0) is 16.1 Å². The number of fused-ring (bicyclic) bond motifs is 1. The summed E-state index contributed by atoms with van der Waals surface area (Å²) in [6.07, 6.45) is 5.21. The summed E-state index contributed by atoms with van der Waals surface area (Å²) in [6, 6.07) is 5.69. The lowest BCUT2D eigenvalue weighted by Crippen LogP contribution is -2.58. The molecule has 2 aliphatic heterocycles. The average Bonchev–Trinajstić information content (AvgIpc) is 3.44. The van der Waals surface area contributed by atoms with Gasteiger partial charge < -0.3 is 19.7 Å². The topological polar surface area (TPSA) is 71.1 Å². The Morgan fingerprint density at radius 2 is 1.77 bits per heavy atom. The van der Waals surface area contributed by atoms with E-state index in [4.69, 9.17) is 9.47 Å². The normalized spacial score (nSPS) is 20.3. The standard InChI is InChI=1S/C24H35N3O4/c1-17(2)13-22(28)26-9-11-27(12-10-26)23(19-5-3-4-6-19)24(29)25-15-18-7-8-20-21(14-18)31-16-30-20/h7-8,14,17,19,23H,3-6,9-13,15-16H2,1-2H3,(H,25,29). The summed E-state index contributed by atoms with van der Waals surface area (Å²) in [5.41, 5.74) is 1.01. The van der Waals surface area contributed by atoms with Crippen molar-refractivity contribution in [1.29, 1.82) is 0 Å². The molecule has 1 aromatic carbocycles. The van der Waals surface area contributed by atoms with Crippen molar-refractivity contribution in [3.63, 3.8) is 0 Å². The van der Waals surface area contributed by atoms with Crippen LogP contribution in [0.2, 0.25) is 0 Å². The van der Waals surface area contributed by atoms with E-state index in [1.807, 2.05) is 23.1 Å². The van der Waals surface area contributed by atoms with Crippen LogP contribution in [0.25, 0.3) is 0 Å². The van der Waals surface area contributed by atoms with Gasteiger partial charge in [-0.15, -0.1) is 0 Å². The van der Waals surface area contributed by atoms with Crippen LogP contribution >= 0.6 is 0 Å². The SMILES string of the molecule is CC(C)CC(=O)N1CCN(C(C(=O)NCc2ccc3c(c2)OCO3)C2CCCC2)CC1. The van der Waals surface area contributed by atoms with Gasteiger partial charge in [0.25, 0.3) is 0 Å². The molecule has 2 amide bonds. The molecule has 0 bridgehead atoms. The predicted molar refractivity (Wildman–Crippen MR) is 118 cm³/mol. The highest BCUT2D eigenvalue weighted by Crippen LogP contribution is 2.33. The quantitative estimate of drug-likeness (QED) is 0.722. The van der Waals surface area contributed by atoms with Crippen LogP contribution in [0, 0.1) is 11.8 Å². The molecule has 1 saturated heterocycles. The number of nitrogens with zero attached hydrogens (tertiary/aromatic N) is 2. The van der Waals surface area contributed by atoms with Crippen molar-refractivity contribution in [3.8, 4) is 11.5 Å². The lowest BCUT2D eigenvalue weighted by Gasteiger charge is -2.41. The van der Waals surface area contributed by atoms with Gasteiger partial charge in [-0.25, -0.2) is 0 Å². The van der Waals surface area contributed by atoms with E-state index in [0.717, 1.165) is 43.0 Å². The Balaban J connectivity index is 1.36. The fraction of sp³-hybridized carbons (Fsp3) is 0.667. The van der Waals surface area contributed by atoms with Gasteiger partial charge in [-0.2, -0.15) is 0 Å². The van der Waals surface area contributed by atoms with E-state index >= 15 is 0 Å². The highest BCUT2D eigenvalue weighted by atomic mass is 16.7. The molecule has 0 aromatic heterocycles. The summed E-state index contributed by atoms with van der Waals surface area (Å²) in [7, 11) is 0. The molecule has 2 fully saturated rings. The third-order valence-corrected chi connectivity index (χ3v) is 6.66. The molecule has 0 spiro atoms. The van der Waals surface area contributed by atoms with E-state index in [1.54, 1.807) is 0 Å². The maximum absolute atomic E-state index is 13.3. The first-order valence-corrected chi connectivity index (χ1v) is 11.7. The second-order valence-electron chi connectivity index (χ2n) is 9.41. The van der Waals surface area contributed by atoms with Crippen molar-refractivity contribution in [2.45, 2.75) is 58.5 Å². The minimum absolute atomic E-state index is 0.103. The van der Waals surface area contributed by atoms with E-state index in [2.05, 4.69) is 24.1 Å². The minimum atomic E-state index is -0.112. The Kier molecular flexibility index (Phi) is 7.00. The van der Waals surface area contributed by atoms with E-state index in [9.17, 15) is 9.59 Å². The van der Waals surface area contributed by atoms with Crippen molar-refractivity contribution in [2.24, 2.45) is 11.8 Å². The maximum Gasteiger partial charge on any atom is 0.237 e. The number of carbonyl (C=O) groups excluding carboxylic acids is 2. The Labute approximate surface area is 185 Å². The fourth-order valence-corrected chi connectivity index (χ4v) is 5.02. The summed E-state index contributed by atoms with van der Waals surface area (Å²) in [4.78, 5) is 30.0. The molecular weight excluding hydrogens is 394 g/mol. The number of rotatable bonds is 7. The molecule has 1 saturated carbocycles. The van der Waals surface area contributed by atoms with E-state index in [0.29, 0.717) is 37.9 Å². The van der Waals surface area contributed by atoms with Gasteiger partial charge in [0, 0.05) is 39.1 Å². The van der Waals surface area contributed by atoms with Crippen molar-refractivity contribution >= 4 is 11.8 Å². The van der Waals surface area contributed by atoms with Gasteiger partial charge in [-0.1, -0.05) is 32.8 Å². The number of hydrogen-bond acceptors (Lipinski definition) is 5. The van der Waals surface area contributed by atoms with Crippen LogP contribution in [0.4, 0.5) is 0 Å². The summed E-state index contributed by atoms with van der Waals surface area (Å²) in [5.74, 6) is 2.60. The number of piperazine rings is 1. The smallest absolute Gasteiger partial charge is 0.237 e. The lowest BCUT2D eigenvalue weighted by molar-refractivity contribution is -0.136. The number of ether oxygens (including phenoxy) is 2. The maximum atomic E-state index is 13.3. The molecular formula is C24H35N3O4. The highest BCUT2D eigenvalue weighted by molar-refractivity contribution is 5.82. The molecule has 1 aromatic rings. The van der Waals surface area contributed by atoms with Gasteiger partial charge in [-0.05, 0) is 42.4 Å². The largest absolute Gasteiger partial charge is 0.454 e. The molecule has 2 heterocycles. The zero-order valence-corrected chi connectivity index (χ0v) is 18.8. The molecule has 7 nitrogen and oxygen atoms in total. The van der Waals surface area contributed by atoms with Crippen LogP contribution < -0.4 is 14.8 Å². The molecule has 170 valence electrons. The Bertz CT molecular complexity index is 783. The first-order valence-electron chi connectivity index (χ1n) is 11.7. The van der Waals surface area contributed by atoms with E-state index in [-0.39, 0.29) is 24.6 Å². The molecule has 1 unspecified atom stereocenters. The van der Waals surface area contributed by atoms with Crippen LogP contribution in [0.15, 0.2) is 18.2 Å². The molecule has 1 atom stereocenters. The first-order chi connectivity index (χ1) is 15.0. The number of hydrogen-bond donors (Lipinski definition) is 1. The van der Waals surface area contributed by atoms with Gasteiger partial charge in [0.15, 0.2) is 11.5 Å². The van der Waals surface area contributed by atoms with Crippen LogP contribution in [-0.4, -0.2) is 60.6 Å². The summed E-state index contributed by atoms with van der Waals surface area (Å²) >= 11 is 0. The van der Waals surface area contributed by atoms with Crippen molar-refractivity contribution < 1.29 is 19.1 Å². The van der Waals surface area contributed by atoms with Gasteiger partial charge in [0.1, 0.15) is 0 Å². The average molecular weight is 430 g/mol. The molecule has 1 N–H and O–H groups in total. The molecule has 7 heteroatoms. The summed E-state index contributed by atoms with van der Waals surface area (Å²) in [6.45, 7) is 7.84. The molecule has 0 radical (unpaired) electrons. The first kappa shape index (κ1) is 21.9. The monoisotopic (exact) mass is 429 g/mol. The van der Waals surface area contributed by atoms with Crippen molar-refractivity contribution in [2.75, 3.05) is 33.0 Å². The molecule has 1 aliphatic carbocycles. The summed E-state index contributed by atoms with van der Waals surface area (Å²) < 4.78 is 10.8. The van der Waals surface area contributed by atoms with Crippen LogP contribution in [0.5, 0.6) is 11.5 Å². The van der Waals surface area contributed by atoms with Crippen LogP contribution in [0.3, 0.4) is 0 Å². The highest BCUT2D eigenvalue weighted by Gasteiger charge is 2.37. The Morgan fingerprint density at radius 3 is 2.48 bits per heavy atom. The molecule has 4 rings (SSSR count). The Hall–Kier alpha value is -2.28. The second-order valence-corrected chi connectivity index (χ2v) is 9.41.